The maximum atomic E-state index is 5.76. The van der Waals surface area contributed by atoms with E-state index in [2.05, 4.69) is 66.3 Å². The minimum absolute atomic E-state index is 0.464. The predicted octanol–water partition coefficient (Wildman–Crippen LogP) is 4.87. The Morgan fingerprint density at radius 1 is 1.25 bits per heavy atom. The Hall–Kier alpha value is -1.94. The zero-order valence-electron chi connectivity index (χ0n) is 14.6. The summed E-state index contributed by atoms with van der Waals surface area (Å²) in [4.78, 5) is 6.42. The van der Waals surface area contributed by atoms with Crippen LogP contribution < -0.4 is 5.32 Å². The fraction of sp³-hybridized carbons (Fsp3) is 0.400. The molecular formula is C20H25N3S. The molecule has 4 heteroatoms. The van der Waals surface area contributed by atoms with Gasteiger partial charge in [0.2, 0.25) is 0 Å². The maximum absolute atomic E-state index is 5.76. The van der Waals surface area contributed by atoms with Crippen molar-refractivity contribution in [1.82, 2.24) is 9.88 Å². The third-order valence-corrected chi connectivity index (χ3v) is 4.83. The fourth-order valence-corrected chi connectivity index (χ4v) is 3.50. The van der Waals surface area contributed by atoms with Crippen LogP contribution in [0.3, 0.4) is 0 Å². The fourth-order valence-electron chi connectivity index (χ4n) is 3.18. The van der Waals surface area contributed by atoms with Gasteiger partial charge in [0.25, 0.3) is 0 Å². The molecule has 0 bridgehead atoms. The molecule has 1 heterocycles. The second-order valence-electron chi connectivity index (χ2n) is 6.84. The highest BCUT2D eigenvalue weighted by atomic mass is 32.1. The molecule has 1 aliphatic carbocycles. The first-order valence-corrected chi connectivity index (χ1v) is 9.03. The molecule has 1 fully saturated rings. The van der Waals surface area contributed by atoms with Crippen molar-refractivity contribution >= 4 is 23.0 Å². The number of benzene rings is 1. The van der Waals surface area contributed by atoms with Gasteiger partial charge in [-0.2, -0.15) is 0 Å². The van der Waals surface area contributed by atoms with Crippen molar-refractivity contribution in [2.75, 3.05) is 5.32 Å². The molecule has 0 saturated heterocycles. The standard InChI is InChI=1S/C20H25N3S/c1-14(2)19-15(3)5-4-6-18(19)22-20(24)23(17-7-8-17)13-16-9-11-21-12-10-16/h4-6,9-12,14,17H,7-8,13H2,1-3H3,(H,22,24). The lowest BCUT2D eigenvalue weighted by Gasteiger charge is -2.27. The highest BCUT2D eigenvalue weighted by molar-refractivity contribution is 7.80. The summed E-state index contributed by atoms with van der Waals surface area (Å²) in [5, 5.41) is 4.34. The summed E-state index contributed by atoms with van der Waals surface area (Å²) >= 11 is 5.76. The molecule has 24 heavy (non-hydrogen) atoms. The zero-order valence-corrected chi connectivity index (χ0v) is 15.4. The molecule has 126 valence electrons. The van der Waals surface area contributed by atoms with Gasteiger partial charge in [-0.1, -0.05) is 26.0 Å². The van der Waals surface area contributed by atoms with Crippen LogP contribution in [-0.2, 0) is 6.54 Å². The van der Waals surface area contributed by atoms with E-state index in [1.165, 1.54) is 29.5 Å². The molecule has 3 rings (SSSR count). The number of hydrogen-bond acceptors (Lipinski definition) is 2. The van der Waals surface area contributed by atoms with E-state index in [-0.39, 0.29) is 0 Å². The lowest BCUT2D eigenvalue weighted by molar-refractivity contribution is 0.409. The van der Waals surface area contributed by atoms with Crippen molar-refractivity contribution in [2.45, 2.75) is 52.1 Å². The van der Waals surface area contributed by atoms with E-state index in [1.54, 1.807) is 0 Å². The Bertz CT molecular complexity index is 708. The second-order valence-corrected chi connectivity index (χ2v) is 7.22. The van der Waals surface area contributed by atoms with Crippen molar-refractivity contribution in [3.8, 4) is 0 Å². The van der Waals surface area contributed by atoms with Gasteiger partial charge in [0.05, 0.1) is 0 Å². The SMILES string of the molecule is Cc1cccc(NC(=S)N(Cc2ccncc2)C2CC2)c1C(C)C. The van der Waals surface area contributed by atoms with Crippen molar-refractivity contribution in [3.63, 3.8) is 0 Å². The number of aromatic nitrogens is 1. The molecule has 2 aromatic rings. The molecule has 1 aromatic carbocycles. The Morgan fingerprint density at radius 3 is 2.58 bits per heavy atom. The van der Waals surface area contributed by atoms with E-state index in [1.807, 2.05) is 12.4 Å². The number of nitrogens with zero attached hydrogens (tertiary/aromatic N) is 2. The average Bonchev–Trinajstić information content (AvgIpc) is 3.38. The molecule has 3 nitrogen and oxygen atoms in total. The number of nitrogens with one attached hydrogen (secondary N) is 1. The average molecular weight is 340 g/mol. The highest BCUT2D eigenvalue weighted by Gasteiger charge is 2.31. The lowest BCUT2D eigenvalue weighted by atomic mass is 9.96. The summed E-state index contributed by atoms with van der Waals surface area (Å²) in [7, 11) is 0. The number of rotatable bonds is 5. The van der Waals surface area contributed by atoms with E-state index in [4.69, 9.17) is 12.2 Å². The Labute approximate surface area is 150 Å². The number of anilines is 1. The van der Waals surface area contributed by atoms with Crippen LogP contribution in [0.25, 0.3) is 0 Å². The predicted molar refractivity (Wildman–Crippen MR) is 104 cm³/mol. The van der Waals surface area contributed by atoms with Crippen LogP contribution in [0.2, 0.25) is 0 Å². The highest BCUT2D eigenvalue weighted by Crippen LogP contribution is 2.31. The lowest BCUT2D eigenvalue weighted by Crippen LogP contribution is -2.36. The summed E-state index contributed by atoms with van der Waals surface area (Å²) < 4.78 is 0. The zero-order chi connectivity index (χ0) is 17.1. The molecule has 1 aromatic heterocycles. The summed E-state index contributed by atoms with van der Waals surface area (Å²) in [6, 6.07) is 11.1. The van der Waals surface area contributed by atoms with Crippen LogP contribution in [-0.4, -0.2) is 21.0 Å². The first kappa shape index (κ1) is 16.9. The maximum Gasteiger partial charge on any atom is 0.173 e. The van der Waals surface area contributed by atoms with Crippen molar-refractivity contribution < 1.29 is 0 Å². The topological polar surface area (TPSA) is 28.2 Å². The van der Waals surface area contributed by atoms with Crippen LogP contribution in [0.1, 0.15) is 49.3 Å². The van der Waals surface area contributed by atoms with Crippen LogP contribution in [0, 0.1) is 6.92 Å². The van der Waals surface area contributed by atoms with E-state index < -0.39 is 0 Å². The van der Waals surface area contributed by atoms with Gasteiger partial charge in [0.1, 0.15) is 0 Å². The van der Waals surface area contributed by atoms with Crippen LogP contribution in [0.15, 0.2) is 42.7 Å². The Balaban J connectivity index is 1.79. The van der Waals surface area contributed by atoms with Gasteiger partial charge < -0.3 is 10.2 Å². The molecular weight excluding hydrogens is 314 g/mol. The normalized spacial score (nSPS) is 13.8. The van der Waals surface area contributed by atoms with Crippen molar-refractivity contribution in [1.29, 1.82) is 0 Å². The third kappa shape index (κ3) is 3.93. The number of thiocarbonyl (C=S) groups is 1. The molecule has 1 N–H and O–H groups in total. The third-order valence-electron chi connectivity index (χ3n) is 4.49. The molecule has 1 saturated carbocycles. The number of pyridine rings is 1. The summed E-state index contributed by atoms with van der Waals surface area (Å²) in [5.41, 5.74) is 5.04. The number of hydrogen-bond donors (Lipinski definition) is 1. The van der Waals surface area contributed by atoms with Gasteiger partial charge in [-0.3, -0.25) is 4.98 Å². The Morgan fingerprint density at radius 2 is 1.96 bits per heavy atom. The minimum Gasteiger partial charge on any atom is -0.342 e. The molecule has 1 aliphatic rings. The van der Waals surface area contributed by atoms with Crippen LogP contribution >= 0.6 is 12.2 Å². The smallest absolute Gasteiger partial charge is 0.173 e. The molecule has 0 amide bonds. The van der Waals surface area contributed by atoms with E-state index in [9.17, 15) is 0 Å². The van der Waals surface area contributed by atoms with Gasteiger partial charge >= 0.3 is 0 Å². The molecule has 0 aliphatic heterocycles. The van der Waals surface area contributed by atoms with Crippen LogP contribution in [0.5, 0.6) is 0 Å². The van der Waals surface area contributed by atoms with Crippen molar-refractivity contribution in [2.24, 2.45) is 0 Å². The van der Waals surface area contributed by atoms with E-state index >= 15 is 0 Å². The Kier molecular flexibility index (Phi) is 5.14. The summed E-state index contributed by atoms with van der Waals surface area (Å²) in [5.74, 6) is 0.464. The van der Waals surface area contributed by atoms with Gasteiger partial charge in [-0.15, -0.1) is 0 Å². The van der Waals surface area contributed by atoms with Gasteiger partial charge in [-0.05, 0) is 72.8 Å². The van der Waals surface area contributed by atoms with Gasteiger partial charge in [-0.25, -0.2) is 0 Å². The molecule has 0 spiro atoms. The molecule has 0 atom stereocenters. The first-order valence-electron chi connectivity index (χ1n) is 8.62. The van der Waals surface area contributed by atoms with E-state index in [0.717, 1.165) is 17.3 Å². The number of aryl methyl sites for hydroxylation is 1. The largest absolute Gasteiger partial charge is 0.342 e. The second kappa shape index (κ2) is 7.31. The monoisotopic (exact) mass is 339 g/mol. The van der Waals surface area contributed by atoms with Crippen molar-refractivity contribution in [3.05, 3.63) is 59.4 Å². The minimum atomic E-state index is 0.464. The van der Waals surface area contributed by atoms with Crippen LogP contribution in [0.4, 0.5) is 5.69 Å². The van der Waals surface area contributed by atoms with Gasteiger partial charge in [0, 0.05) is 30.7 Å². The summed E-state index contributed by atoms with van der Waals surface area (Å²) in [6.07, 6.45) is 6.12. The van der Waals surface area contributed by atoms with E-state index in [0.29, 0.717) is 12.0 Å². The quantitative estimate of drug-likeness (QED) is 0.786. The van der Waals surface area contributed by atoms with Gasteiger partial charge in [0.15, 0.2) is 5.11 Å². The molecule has 0 radical (unpaired) electrons. The first-order chi connectivity index (χ1) is 11.6. The molecule has 0 unspecified atom stereocenters. The summed E-state index contributed by atoms with van der Waals surface area (Å²) in [6.45, 7) is 7.46.